The fraction of sp³-hybridized carbons (Fsp3) is 0.647. The summed E-state index contributed by atoms with van der Waals surface area (Å²) in [6.45, 7) is 4.14. The van der Waals surface area contributed by atoms with Gasteiger partial charge in [-0.3, -0.25) is 4.90 Å². The Morgan fingerprint density at radius 3 is 2.54 bits per heavy atom. The molecular formula is C17H22F3NO3. The molecule has 7 heteroatoms. The molecule has 2 saturated heterocycles. The highest BCUT2D eigenvalue weighted by atomic mass is 19.4. The number of β-amino-alcohol motifs (C(OH)–C–C–N with tert-alkyl or cyclic N) is 1. The molecule has 0 aromatic heterocycles. The van der Waals surface area contributed by atoms with E-state index in [0.717, 1.165) is 31.5 Å². The molecule has 1 aromatic carbocycles. The van der Waals surface area contributed by atoms with Gasteiger partial charge in [0.1, 0.15) is 0 Å². The van der Waals surface area contributed by atoms with E-state index in [1.54, 1.807) is 6.92 Å². The fourth-order valence-electron chi connectivity index (χ4n) is 3.50. The Hall–Kier alpha value is -1.15. The van der Waals surface area contributed by atoms with Gasteiger partial charge in [-0.1, -0.05) is 12.1 Å². The van der Waals surface area contributed by atoms with E-state index < -0.39 is 23.1 Å². The van der Waals surface area contributed by atoms with E-state index in [0.29, 0.717) is 19.8 Å². The van der Waals surface area contributed by atoms with Crippen molar-refractivity contribution in [3.63, 3.8) is 0 Å². The fourth-order valence-corrected chi connectivity index (χ4v) is 3.50. The number of alkyl halides is 3. The van der Waals surface area contributed by atoms with Gasteiger partial charge in [-0.15, -0.1) is 0 Å². The minimum atomic E-state index is -4.42. The number of aliphatic hydroxyl groups is 1. The lowest BCUT2D eigenvalue weighted by atomic mass is 9.92. The van der Waals surface area contributed by atoms with Gasteiger partial charge in [0.25, 0.3) is 0 Å². The van der Waals surface area contributed by atoms with Crippen LogP contribution in [0.5, 0.6) is 0 Å². The predicted octanol–water partition coefficient (Wildman–Crippen LogP) is 2.75. The van der Waals surface area contributed by atoms with Crippen molar-refractivity contribution in [1.82, 2.24) is 4.90 Å². The molecule has 1 N–H and O–H groups in total. The minimum absolute atomic E-state index is 0.225. The van der Waals surface area contributed by atoms with Crippen LogP contribution in [0, 0.1) is 0 Å². The van der Waals surface area contributed by atoms with Gasteiger partial charge in [0.2, 0.25) is 0 Å². The number of benzene rings is 1. The average molecular weight is 345 g/mol. The molecule has 2 heterocycles. The predicted molar refractivity (Wildman–Crippen MR) is 81.3 cm³/mol. The lowest BCUT2D eigenvalue weighted by molar-refractivity contribution is -0.194. The van der Waals surface area contributed by atoms with Crippen LogP contribution >= 0.6 is 0 Å². The summed E-state index contributed by atoms with van der Waals surface area (Å²) in [5.41, 5.74) is -1.89. The summed E-state index contributed by atoms with van der Waals surface area (Å²) in [4.78, 5) is 2.00. The highest BCUT2D eigenvalue weighted by Gasteiger charge is 2.42. The van der Waals surface area contributed by atoms with Gasteiger partial charge in [0.15, 0.2) is 5.79 Å². The monoisotopic (exact) mass is 345 g/mol. The molecule has 0 aliphatic carbocycles. The summed E-state index contributed by atoms with van der Waals surface area (Å²) in [7, 11) is 0. The SMILES string of the molecule is CC(O)(CN1CCCC2(C1)OCCO2)c1cccc(C(F)(F)F)c1. The Balaban J connectivity index is 1.73. The Kier molecular flexibility index (Phi) is 4.63. The highest BCUT2D eigenvalue weighted by Crippen LogP contribution is 2.34. The Morgan fingerprint density at radius 1 is 1.21 bits per heavy atom. The van der Waals surface area contributed by atoms with Crippen molar-refractivity contribution in [3.8, 4) is 0 Å². The van der Waals surface area contributed by atoms with E-state index in [9.17, 15) is 18.3 Å². The second kappa shape index (κ2) is 6.29. The molecule has 2 aliphatic heterocycles. The van der Waals surface area contributed by atoms with Gasteiger partial charge < -0.3 is 14.6 Å². The highest BCUT2D eigenvalue weighted by molar-refractivity contribution is 5.30. The maximum absolute atomic E-state index is 12.9. The number of piperidine rings is 1. The van der Waals surface area contributed by atoms with Crippen molar-refractivity contribution < 1.29 is 27.8 Å². The maximum Gasteiger partial charge on any atom is 0.416 e. The van der Waals surface area contributed by atoms with Crippen LogP contribution in [0.15, 0.2) is 24.3 Å². The second-order valence-electron chi connectivity index (χ2n) is 6.77. The number of ether oxygens (including phenoxy) is 2. The second-order valence-corrected chi connectivity index (χ2v) is 6.77. The first kappa shape index (κ1) is 17.7. The summed E-state index contributed by atoms with van der Waals surface area (Å²) in [6, 6.07) is 4.88. The molecule has 0 radical (unpaired) electrons. The number of likely N-dealkylation sites (tertiary alicyclic amines) is 1. The quantitative estimate of drug-likeness (QED) is 0.915. The Morgan fingerprint density at radius 2 is 1.88 bits per heavy atom. The third kappa shape index (κ3) is 3.74. The molecular weight excluding hydrogens is 323 g/mol. The summed E-state index contributed by atoms with van der Waals surface area (Å²) >= 11 is 0. The van der Waals surface area contributed by atoms with E-state index in [-0.39, 0.29) is 12.1 Å². The van der Waals surface area contributed by atoms with Crippen LogP contribution < -0.4 is 0 Å². The van der Waals surface area contributed by atoms with E-state index in [4.69, 9.17) is 9.47 Å². The van der Waals surface area contributed by atoms with Crippen molar-refractivity contribution in [2.24, 2.45) is 0 Å². The zero-order valence-corrected chi connectivity index (χ0v) is 13.6. The van der Waals surface area contributed by atoms with Gasteiger partial charge in [-0.2, -0.15) is 13.2 Å². The Labute approximate surface area is 139 Å². The van der Waals surface area contributed by atoms with Crippen LogP contribution in [0.25, 0.3) is 0 Å². The molecule has 0 amide bonds. The number of nitrogens with zero attached hydrogens (tertiary/aromatic N) is 1. The lowest BCUT2D eigenvalue weighted by Crippen LogP contribution is -2.52. The summed E-state index contributed by atoms with van der Waals surface area (Å²) in [6.07, 6.45) is -2.76. The molecule has 1 spiro atoms. The van der Waals surface area contributed by atoms with Gasteiger partial charge >= 0.3 is 6.18 Å². The summed E-state index contributed by atoms with van der Waals surface area (Å²) < 4.78 is 50.1. The lowest BCUT2D eigenvalue weighted by Gasteiger charge is -2.41. The van der Waals surface area contributed by atoms with Crippen LogP contribution in [0.1, 0.15) is 30.9 Å². The number of rotatable bonds is 3. The largest absolute Gasteiger partial charge is 0.416 e. The molecule has 0 saturated carbocycles. The van der Waals surface area contributed by atoms with Gasteiger partial charge in [-0.05, 0) is 37.6 Å². The first-order valence-corrected chi connectivity index (χ1v) is 8.11. The smallest absolute Gasteiger partial charge is 0.384 e. The van der Waals surface area contributed by atoms with Crippen molar-refractivity contribution >= 4 is 0 Å². The molecule has 24 heavy (non-hydrogen) atoms. The van der Waals surface area contributed by atoms with E-state index in [2.05, 4.69) is 0 Å². The van der Waals surface area contributed by atoms with Crippen molar-refractivity contribution in [2.75, 3.05) is 32.8 Å². The van der Waals surface area contributed by atoms with Crippen LogP contribution in [-0.4, -0.2) is 48.6 Å². The third-order valence-electron chi connectivity index (χ3n) is 4.65. The third-order valence-corrected chi connectivity index (χ3v) is 4.65. The van der Waals surface area contributed by atoms with E-state index in [1.165, 1.54) is 12.1 Å². The van der Waals surface area contributed by atoms with E-state index >= 15 is 0 Å². The molecule has 1 unspecified atom stereocenters. The first-order valence-electron chi connectivity index (χ1n) is 8.11. The minimum Gasteiger partial charge on any atom is -0.384 e. The molecule has 3 rings (SSSR count). The van der Waals surface area contributed by atoms with E-state index in [1.807, 2.05) is 4.90 Å². The number of halogens is 3. The van der Waals surface area contributed by atoms with Crippen LogP contribution in [0.4, 0.5) is 13.2 Å². The van der Waals surface area contributed by atoms with Crippen molar-refractivity contribution in [2.45, 2.75) is 37.3 Å². The normalized spacial score (nSPS) is 24.2. The van der Waals surface area contributed by atoms with Crippen LogP contribution in [0.2, 0.25) is 0 Å². The zero-order valence-electron chi connectivity index (χ0n) is 13.6. The average Bonchev–Trinajstić information content (AvgIpc) is 2.94. The molecule has 2 fully saturated rings. The summed E-state index contributed by atoms with van der Waals surface area (Å²) in [5.74, 6) is -0.623. The van der Waals surface area contributed by atoms with Gasteiger partial charge in [0, 0.05) is 13.0 Å². The first-order chi connectivity index (χ1) is 11.2. The molecule has 2 aliphatic rings. The summed E-state index contributed by atoms with van der Waals surface area (Å²) in [5, 5.41) is 10.8. The topological polar surface area (TPSA) is 41.9 Å². The molecule has 1 aromatic rings. The van der Waals surface area contributed by atoms with Gasteiger partial charge in [0.05, 0.1) is 30.9 Å². The molecule has 134 valence electrons. The van der Waals surface area contributed by atoms with Gasteiger partial charge in [-0.25, -0.2) is 0 Å². The molecule has 4 nitrogen and oxygen atoms in total. The number of hydrogen-bond acceptors (Lipinski definition) is 4. The molecule has 0 bridgehead atoms. The molecule has 1 atom stereocenters. The zero-order chi connectivity index (χ0) is 17.4. The Bertz CT molecular complexity index is 583. The number of hydrogen-bond donors (Lipinski definition) is 1. The standard InChI is InChI=1S/C17H22F3NO3/c1-15(22,13-4-2-5-14(10-13)17(18,19)20)11-21-7-3-6-16(12-21)23-8-9-24-16/h2,4-5,10,22H,3,6-9,11-12H2,1H3. The van der Waals surface area contributed by atoms with Crippen LogP contribution in [0.3, 0.4) is 0 Å². The van der Waals surface area contributed by atoms with Crippen molar-refractivity contribution in [1.29, 1.82) is 0 Å². The van der Waals surface area contributed by atoms with Crippen molar-refractivity contribution in [3.05, 3.63) is 35.4 Å². The maximum atomic E-state index is 12.9. The van der Waals surface area contributed by atoms with Crippen LogP contribution in [-0.2, 0) is 21.3 Å².